The average Bonchev–Trinajstić information content (AvgIpc) is 2.45. The molecule has 1 aromatic rings. The van der Waals surface area contributed by atoms with Crippen LogP contribution in [0.1, 0.15) is 19.4 Å². The van der Waals surface area contributed by atoms with Crippen LogP contribution in [0.25, 0.3) is 0 Å². The highest BCUT2D eigenvalue weighted by Gasteiger charge is 2.28. The molecule has 1 heterocycles. The summed E-state index contributed by atoms with van der Waals surface area (Å²) in [5.74, 6) is 0. The van der Waals surface area contributed by atoms with Crippen molar-refractivity contribution in [2.24, 2.45) is 0 Å². The van der Waals surface area contributed by atoms with E-state index in [1.165, 1.54) is 0 Å². The van der Waals surface area contributed by atoms with Gasteiger partial charge in [0.1, 0.15) is 6.61 Å². The van der Waals surface area contributed by atoms with Crippen molar-refractivity contribution in [2.75, 3.05) is 26.2 Å². The zero-order chi connectivity index (χ0) is 15.2. The molecule has 2 unspecified atom stereocenters. The van der Waals surface area contributed by atoms with Crippen LogP contribution in [-0.4, -0.2) is 59.3 Å². The second-order valence-electron chi connectivity index (χ2n) is 5.69. The van der Waals surface area contributed by atoms with E-state index in [2.05, 4.69) is 4.90 Å². The predicted molar refractivity (Wildman–Crippen MR) is 80.9 cm³/mol. The van der Waals surface area contributed by atoms with E-state index in [0.717, 1.165) is 18.7 Å². The van der Waals surface area contributed by atoms with Crippen LogP contribution in [-0.2, 0) is 11.3 Å². The van der Waals surface area contributed by atoms with Crippen LogP contribution >= 0.6 is 0 Å². The fraction of sp³-hybridized carbons (Fsp3) is 0.562. The predicted octanol–water partition coefficient (Wildman–Crippen LogP) is 1.71. The normalized spacial score (nSPS) is 21.1. The van der Waals surface area contributed by atoms with Gasteiger partial charge < -0.3 is 14.7 Å². The summed E-state index contributed by atoms with van der Waals surface area (Å²) in [6, 6.07) is 9.78. The van der Waals surface area contributed by atoms with Crippen LogP contribution in [0.3, 0.4) is 0 Å². The number of nitrogens with zero attached hydrogens (tertiary/aromatic N) is 2. The lowest BCUT2D eigenvalue weighted by Gasteiger charge is -2.39. The van der Waals surface area contributed by atoms with Gasteiger partial charge in [0, 0.05) is 32.2 Å². The van der Waals surface area contributed by atoms with Crippen molar-refractivity contribution < 1.29 is 14.6 Å². The van der Waals surface area contributed by atoms with Crippen LogP contribution in [0.4, 0.5) is 4.79 Å². The summed E-state index contributed by atoms with van der Waals surface area (Å²) < 4.78 is 5.37. The van der Waals surface area contributed by atoms with Crippen molar-refractivity contribution >= 4 is 6.09 Å². The number of rotatable bonds is 4. The summed E-state index contributed by atoms with van der Waals surface area (Å²) in [4.78, 5) is 16.1. The van der Waals surface area contributed by atoms with Gasteiger partial charge in [0.15, 0.2) is 0 Å². The number of carbonyl (C=O) groups excluding carboxylic acids is 1. The molecule has 2 rings (SSSR count). The second kappa shape index (κ2) is 7.43. The van der Waals surface area contributed by atoms with Crippen molar-refractivity contribution in [3.63, 3.8) is 0 Å². The standard InChI is InChI=1S/C16H24N2O3/c1-13-10-17(11-14(2)19)8-9-18(13)16(20)21-12-15-6-4-3-5-7-15/h3-7,13-14,19H,8-12H2,1-2H3. The average molecular weight is 292 g/mol. The second-order valence-corrected chi connectivity index (χ2v) is 5.69. The molecule has 0 aliphatic carbocycles. The Labute approximate surface area is 126 Å². The topological polar surface area (TPSA) is 53.0 Å². The molecule has 1 fully saturated rings. The minimum atomic E-state index is -0.339. The quantitative estimate of drug-likeness (QED) is 0.918. The zero-order valence-corrected chi connectivity index (χ0v) is 12.7. The van der Waals surface area contributed by atoms with Crippen LogP contribution in [0.5, 0.6) is 0 Å². The minimum Gasteiger partial charge on any atom is -0.445 e. The van der Waals surface area contributed by atoms with Gasteiger partial charge in [-0.05, 0) is 19.4 Å². The molecule has 0 aromatic heterocycles. The molecule has 0 saturated carbocycles. The van der Waals surface area contributed by atoms with Crippen LogP contribution in [0.15, 0.2) is 30.3 Å². The first kappa shape index (κ1) is 15.8. The molecule has 1 amide bonds. The molecular formula is C16H24N2O3. The van der Waals surface area contributed by atoms with Gasteiger partial charge in [0.05, 0.1) is 6.10 Å². The summed E-state index contributed by atoms with van der Waals surface area (Å²) in [5.41, 5.74) is 0.992. The van der Waals surface area contributed by atoms with Gasteiger partial charge >= 0.3 is 6.09 Å². The zero-order valence-electron chi connectivity index (χ0n) is 12.7. The van der Waals surface area contributed by atoms with E-state index in [9.17, 15) is 9.90 Å². The molecule has 1 N–H and O–H groups in total. The number of ether oxygens (including phenoxy) is 1. The number of piperazine rings is 1. The minimum absolute atomic E-state index is 0.0979. The maximum absolute atomic E-state index is 12.1. The van der Waals surface area contributed by atoms with E-state index in [1.54, 1.807) is 11.8 Å². The van der Waals surface area contributed by atoms with E-state index < -0.39 is 0 Å². The summed E-state index contributed by atoms with van der Waals surface area (Å²) in [6.07, 6.45) is -0.600. The number of amides is 1. The number of carbonyl (C=O) groups is 1. The largest absolute Gasteiger partial charge is 0.445 e. The highest BCUT2D eigenvalue weighted by atomic mass is 16.6. The van der Waals surface area contributed by atoms with Gasteiger partial charge in [0.2, 0.25) is 0 Å². The highest BCUT2D eigenvalue weighted by Crippen LogP contribution is 2.12. The Kier molecular flexibility index (Phi) is 5.59. The first-order chi connectivity index (χ1) is 10.1. The SMILES string of the molecule is CC(O)CN1CCN(C(=O)OCc2ccccc2)C(C)C1. The van der Waals surface area contributed by atoms with Gasteiger partial charge in [0.25, 0.3) is 0 Å². The summed E-state index contributed by atoms with van der Waals surface area (Å²) in [5, 5.41) is 9.43. The van der Waals surface area contributed by atoms with Gasteiger partial charge in [-0.3, -0.25) is 4.90 Å². The Morgan fingerprint density at radius 3 is 2.71 bits per heavy atom. The van der Waals surface area contributed by atoms with Crippen LogP contribution in [0.2, 0.25) is 0 Å². The molecule has 21 heavy (non-hydrogen) atoms. The fourth-order valence-corrected chi connectivity index (χ4v) is 2.65. The van der Waals surface area contributed by atoms with Crippen molar-refractivity contribution in [2.45, 2.75) is 32.6 Å². The molecule has 0 radical (unpaired) electrons. The molecule has 5 nitrogen and oxygen atoms in total. The smallest absolute Gasteiger partial charge is 0.410 e. The number of hydrogen-bond acceptors (Lipinski definition) is 4. The Balaban J connectivity index is 1.81. The molecular weight excluding hydrogens is 268 g/mol. The third-order valence-corrected chi connectivity index (χ3v) is 3.67. The number of β-amino-alcohol motifs (C(OH)–C–C–N with tert-alkyl or cyclic N) is 1. The Morgan fingerprint density at radius 2 is 2.10 bits per heavy atom. The molecule has 116 valence electrons. The fourth-order valence-electron chi connectivity index (χ4n) is 2.65. The lowest BCUT2D eigenvalue weighted by atomic mass is 10.2. The Morgan fingerprint density at radius 1 is 1.38 bits per heavy atom. The number of aliphatic hydroxyl groups excluding tert-OH is 1. The van der Waals surface area contributed by atoms with Gasteiger partial charge in [-0.2, -0.15) is 0 Å². The van der Waals surface area contributed by atoms with Crippen molar-refractivity contribution in [3.8, 4) is 0 Å². The van der Waals surface area contributed by atoms with E-state index >= 15 is 0 Å². The molecule has 1 aliphatic heterocycles. The molecule has 0 bridgehead atoms. The third-order valence-electron chi connectivity index (χ3n) is 3.67. The molecule has 2 atom stereocenters. The molecule has 0 spiro atoms. The monoisotopic (exact) mass is 292 g/mol. The van der Waals surface area contributed by atoms with Gasteiger partial charge in [-0.25, -0.2) is 4.79 Å². The summed E-state index contributed by atoms with van der Waals surface area (Å²) >= 11 is 0. The van der Waals surface area contributed by atoms with Crippen LogP contribution < -0.4 is 0 Å². The van der Waals surface area contributed by atoms with E-state index in [0.29, 0.717) is 19.7 Å². The molecule has 1 saturated heterocycles. The number of aliphatic hydroxyl groups is 1. The lowest BCUT2D eigenvalue weighted by molar-refractivity contribution is 0.0340. The Bertz CT molecular complexity index is 450. The number of benzene rings is 1. The van der Waals surface area contributed by atoms with E-state index in [4.69, 9.17) is 4.74 Å². The van der Waals surface area contributed by atoms with Crippen LogP contribution in [0, 0.1) is 0 Å². The highest BCUT2D eigenvalue weighted by molar-refractivity contribution is 5.68. The van der Waals surface area contributed by atoms with Gasteiger partial charge in [-0.15, -0.1) is 0 Å². The van der Waals surface area contributed by atoms with Gasteiger partial charge in [-0.1, -0.05) is 30.3 Å². The lowest BCUT2D eigenvalue weighted by Crippen LogP contribution is -2.55. The first-order valence-corrected chi connectivity index (χ1v) is 7.44. The first-order valence-electron chi connectivity index (χ1n) is 7.44. The van der Waals surface area contributed by atoms with E-state index in [1.807, 2.05) is 37.3 Å². The summed E-state index contributed by atoms with van der Waals surface area (Å²) in [6.45, 7) is 6.93. The third kappa shape index (κ3) is 4.72. The maximum atomic E-state index is 12.1. The maximum Gasteiger partial charge on any atom is 0.410 e. The Hall–Kier alpha value is -1.59. The number of hydrogen-bond donors (Lipinski definition) is 1. The van der Waals surface area contributed by atoms with Crippen molar-refractivity contribution in [1.29, 1.82) is 0 Å². The summed E-state index contributed by atoms with van der Waals surface area (Å²) in [7, 11) is 0. The molecule has 1 aromatic carbocycles. The van der Waals surface area contributed by atoms with E-state index in [-0.39, 0.29) is 18.2 Å². The van der Waals surface area contributed by atoms with Crippen molar-refractivity contribution in [3.05, 3.63) is 35.9 Å². The molecule has 5 heteroatoms. The van der Waals surface area contributed by atoms with Crippen molar-refractivity contribution in [1.82, 2.24) is 9.80 Å². The molecule has 1 aliphatic rings.